The Hall–Kier alpha value is -2.39. The van der Waals surface area contributed by atoms with Crippen LogP contribution in [0.4, 0.5) is 0 Å². The number of likely N-dealkylation sites (tertiary alicyclic amines) is 1. The average molecular weight is 286 g/mol. The van der Waals surface area contributed by atoms with E-state index in [1.807, 2.05) is 0 Å². The van der Waals surface area contributed by atoms with Gasteiger partial charge in [0.05, 0.1) is 18.1 Å². The van der Waals surface area contributed by atoms with Crippen LogP contribution in [0, 0.1) is 11.1 Å². The number of carboxylic acid groups (broad SMARTS) is 1. The maximum atomic E-state index is 11.4. The molecule has 0 spiro atoms. The van der Waals surface area contributed by atoms with Crippen molar-refractivity contribution in [1.29, 1.82) is 0 Å². The lowest BCUT2D eigenvalue weighted by Gasteiger charge is -2.31. The molecular formula is C10H14N4O6. The lowest BCUT2D eigenvalue weighted by atomic mass is 10.0. The van der Waals surface area contributed by atoms with E-state index in [1.54, 1.807) is 0 Å². The molecule has 2 aliphatic rings. The van der Waals surface area contributed by atoms with E-state index >= 15 is 0 Å². The number of carbonyl (C=O) groups excluding carboxylic acids is 2. The van der Waals surface area contributed by atoms with E-state index in [4.69, 9.17) is 9.94 Å². The van der Waals surface area contributed by atoms with Crippen molar-refractivity contribution in [2.24, 2.45) is 11.2 Å². The van der Waals surface area contributed by atoms with Crippen molar-refractivity contribution in [1.82, 2.24) is 9.91 Å². The van der Waals surface area contributed by atoms with Crippen LogP contribution < -0.4 is 0 Å². The molecule has 0 radical (unpaired) electrons. The molecule has 0 aromatic rings. The SMILES string of the molecule is CC(O/N=[N+](\[O-])N1CC(C(=O)O)C1)N1C(=O)CCC1=O. The van der Waals surface area contributed by atoms with E-state index in [1.165, 1.54) is 6.92 Å². The third kappa shape index (κ3) is 2.63. The molecule has 0 saturated carbocycles. The zero-order valence-corrected chi connectivity index (χ0v) is 10.8. The number of rotatable bonds is 5. The van der Waals surface area contributed by atoms with E-state index in [2.05, 4.69) is 5.28 Å². The monoisotopic (exact) mass is 286 g/mol. The number of carbonyl (C=O) groups is 3. The Morgan fingerprint density at radius 2 is 2.00 bits per heavy atom. The number of imide groups is 1. The second-order valence-corrected chi connectivity index (χ2v) is 4.60. The minimum Gasteiger partial charge on any atom is -0.569 e. The smallest absolute Gasteiger partial charge is 0.310 e. The van der Waals surface area contributed by atoms with Gasteiger partial charge in [0.1, 0.15) is 5.92 Å². The summed E-state index contributed by atoms with van der Waals surface area (Å²) in [4.78, 5) is 39.2. The lowest BCUT2D eigenvalue weighted by Crippen LogP contribution is -2.53. The molecule has 2 fully saturated rings. The summed E-state index contributed by atoms with van der Waals surface area (Å²) in [6.07, 6.45) is -0.717. The van der Waals surface area contributed by atoms with Crippen LogP contribution in [0.15, 0.2) is 5.28 Å². The second kappa shape index (κ2) is 5.31. The number of hydrogen-bond donors (Lipinski definition) is 1. The maximum absolute atomic E-state index is 11.4. The average Bonchev–Trinajstić information content (AvgIpc) is 2.63. The highest BCUT2D eigenvalue weighted by molar-refractivity contribution is 6.02. The molecule has 10 nitrogen and oxygen atoms in total. The Balaban J connectivity index is 1.85. The zero-order chi connectivity index (χ0) is 14.9. The Morgan fingerprint density at radius 3 is 2.50 bits per heavy atom. The zero-order valence-electron chi connectivity index (χ0n) is 10.8. The standard InChI is InChI=1S/C10H14N4O6/c1-6(13-8(15)2-3-9(13)16)20-11-14(19)12-4-7(5-12)10(17)18/h6-7H,2-5H2,1H3,(H,17,18)/b14-11-. The summed E-state index contributed by atoms with van der Waals surface area (Å²) >= 11 is 0. The van der Waals surface area contributed by atoms with Gasteiger partial charge >= 0.3 is 5.97 Å². The molecule has 2 amide bonds. The summed E-state index contributed by atoms with van der Waals surface area (Å²) in [7, 11) is 0. The molecule has 2 aliphatic heterocycles. The highest BCUT2D eigenvalue weighted by Gasteiger charge is 2.39. The number of nitrogens with zero attached hydrogens (tertiary/aromatic N) is 4. The predicted molar refractivity (Wildman–Crippen MR) is 60.4 cm³/mol. The van der Waals surface area contributed by atoms with Crippen molar-refractivity contribution in [3.8, 4) is 0 Å². The number of amides is 2. The van der Waals surface area contributed by atoms with E-state index in [-0.39, 0.29) is 42.7 Å². The van der Waals surface area contributed by atoms with Crippen LogP contribution in [0.1, 0.15) is 19.8 Å². The summed E-state index contributed by atoms with van der Waals surface area (Å²) < 4.78 is 0. The quantitative estimate of drug-likeness (QED) is 0.306. The van der Waals surface area contributed by atoms with Crippen molar-refractivity contribution >= 4 is 17.8 Å². The van der Waals surface area contributed by atoms with Crippen LogP contribution in [0.2, 0.25) is 0 Å². The van der Waals surface area contributed by atoms with Crippen molar-refractivity contribution in [2.75, 3.05) is 13.1 Å². The molecule has 110 valence electrons. The summed E-state index contributed by atoms with van der Waals surface area (Å²) in [6, 6.07) is 0. The van der Waals surface area contributed by atoms with Gasteiger partial charge in [-0.3, -0.25) is 14.4 Å². The molecular weight excluding hydrogens is 272 g/mol. The molecule has 0 aromatic heterocycles. The van der Waals surface area contributed by atoms with Crippen LogP contribution in [0.25, 0.3) is 0 Å². The molecule has 2 heterocycles. The Kier molecular flexibility index (Phi) is 3.72. The van der Waals surface area contributed by atoms with Gasteiger partial charge in [0, 0.05) is 12.8 Å². The number of carboxylic acids is 1. The summed E-state index contributed by atoms with van der Waals surface area (Å²) in [5.74, 6) is -2.31. The predicted octanol–water partition coefficient (Wildman–Crippen LogP) is -0.693. The van der Waals surface area contributed by atoms with Gasteiger partial charge < -0.3 is 15.2 Å². The Bertz CT molecular complexity index is 456. The van der Waals surface area contributed by atoms with E-state index in [0.29, 0.717) is 0 Å². The lowest BCUT2D eigenvalue weighted by molar-refractivity contribution is -0.726. The number of aliphatic carboxylic acids is 1. The van der Waals surface area contributed by atoms with Gasteiger partial charge in [-0.1, -0.05) is 0 Å². The maximum Gasteiger partial charge on any atom is 0.310 e. The molecule has 0 bridgehead atoms. The first-order valence-electron chi connectivity index (χ1n) is 6.06. The fraction of sp³-hybridized carbons (Fsp3) is 0.700. The first-order chi connectivity index (χ1) is 9.40. The third-order valence-corrected chi connectivity index (χ3v) is 3.18. The van der Waals surface area contributed by atoms with Gasteiger partial charge in [0.2, 0.25) is 23.3 Å². The Labute approximate surface area is 113 Å². The van der Waals surface area contributed by atoms with Gasteiger partial charge in [-0.2, -0.15) is 0 Å². The largest absolute Gasteiger partial charge is 0.569 e. The summed E-state index contributed by atoms with van der Waals surface area (Å²) in [5, 5.41) is 24.4. The molecule has 1 N–H and O–H groups in total. The number of hydrazine groups is 1. The molecule has 1 atom stereocenters. The summed E-state index contributed by atoms with van der Waals surface area (Å²) in [6.45, 7) is 1.51. The first kappa shape index (κ1) is 14.0. The minimum absolute atomic E-state index is 0.0433. The fourth-order valence-corrected chi connectivity index (χ4v) is 1.96. The fourth-order valence-electron chi connectivity index (χ4n) is 1.96. The van der Waals surface area contributed by atoms with Crippen LogP contribution in [0.3, 0.4) is 0 Å². The van der Waals surface area contributed by atoms with Gasteiger partial charge in [0.15, 0.2) is 0 Å². The van der Waals surface area contributed by atoms with E-state index < -0.39 is 18.1 Å². The molecule has 0 aromatic carbocycles. The van der Waals surface area contributed by atoms with Crippen molar-refractivity contribution < 1.29 is 29.3 Å². The highest BCUT2D eigenvalue weighted by Crippen LogP contribution is 2.18. The molecule has 20 heavy (non-hydrogen) atoms. The second-order valence-electron chi connectivity index (χ2n) is 4.60. The van der Waals surface area contributed by atoms with Crippen molar-refractivity contribution in [3.63, 3.8) is 0 Å². The molecule has 0 aliphatic carbocycles. The van der Waals surface area contributed by atoms with E-state index in [0.717, 1.165) is 9.91 Å². The summed E-state index contributed by atoms with van der Waals surface area (Å²) in [5.41, 5.74) is 0. The van der Waals surface area contributed by atoms with E-state index in [9.17, 15) is 19.6 Å². The van der Waals surface area contributed by atoms with Crippen LogP contribution in [-0.4, -0.2) is 57.1 Å². The van der Waals surface area contributed by atoms with Crippen LogP contribution in [-0.2, 0) is 19.2 Å². The van der Waals surface area contributed by atoms with Crippen molar-refractivity contribution in [3.05, 3.63) is 5.21 Å². The van der Waals surface area contributed by atoms with Crippen LogP contribution >= 0.6 is 0 Å². The normalized spacial score (nSPS) is 21.9. The minimum atomic E-state index is -0.975. The highest BCUT2D eigenvalue weighted by atomic mass is 16.7. The van der Waals surface area contributed by atoms with Gasteiger partial charge in [-0.15, -0.1) is 5.01 Å². The molecule has 10 heteroatoms. The number of hydrogen-bond acceptors (Lipinski definition) is 6. The molecule has 2 saturated heterocycles. The van der Waals surface area contributed by atoms with Crippen LogP contribution in [0.5, 0.6) is 0 Å². The van der Waals surface area contributed by atoms with Crippen molar-refractivity contribution in [2.45, 2.75) is 26.0 Å². The third-order valence-electron chi connectivity index (χ3n) is 3.18. The van der Waals surface area contributed by atoms with Gasteiger partial charge in [0.25, 0.3) is 0 Å². The topological polar surface area (TPSA) is 126 Å². The first-order valence-corrected chi connectivity index (χ1v) is 6.06. The molecule has 1 unspecified atom stereocenters. The van der Waals surface area contributed by atoms with Gasteiger partial charge in [-0.05, 0) is 6.92 Å². The molecule has 2 rings (SSSR count). The Morgan fingerprint density at radius 1 is 1.45 bits per heavy atom. The van der Waals surface area contributed by atoms with Gasteiger partial charge in [-0.25, -0.2) is 4.90 Å².